The molecular weight excluding hydrogens is 428 g/mol. The summed E-state index contributed by atoms with van der Waals surface area (Å²) in [6.07, 6.45) is -10.8. The number of halogens is 7. The van der Waals surface area contributed by atoms with Crippen LogP contribution in [-0.2, 0) is 12.4 Å². The van der Waals surface area contributed by atoms with E-state index in [1.54, 1.807) is 0 Å². The van der Waals surface area contributed by atoms with Crippen molar-refractivity contribution in [3.8, 4) is 22.6 Å². The summed E-state index contributed by atoms with van der Waals surface area (Å²) in [5.74, 6) is -0.109. The van der Waals surface area contributed by atoms with Crippen LogP contribution in [0.2, 0.25) is 5.02 Å². The molecule has 0 bridgehead atoms. The zero-order chi connectivity index (χ0) is 21.4. The second kappa shape index (κ2) is 7.57. The molecule has 0 unspecified atom stereocenters. The first-order valence-electron chi connectivity index (χ1n) is 7.93. The van der Waals surface area contributed by atoms with Crippen molar-refractivity contribution in [2.24, 2.45) is 5.11 Å². The Balaban J connectivity index is 2.19. The summed E-state index contributed by atoms with van der Waals surface area (Å²) >= 11 is 5.96. The first-order chi connectivity index (χ1) is 13.5. The minimum atomic E-state index is -5.08. The number of fused-ring (bicyclic) bond motifs is 1. The lowest BCUT2D eigenvalue weighted by Crippen LogP contribution is -2.31. The summed E-state index contributed by atoms with van der Waals surface area (Å²) in [6, 6.07) is 3.72. The number of ether oxygens (including phenoxy) is 2. The van der Waals surface area contributed by atoms with Crippen LogP contribution in [0, 0.1) is 0 Å². The van der Waals surface area contributed by atoms with Gasteiger partial charge in [-0.3, -0.25) is 0 Å². The zero-order valence-corrected chi connectivity index (χ0v) is 14.9. The summed E-state index contributed by atoms with van der Waals surface area (Å²) in [7, 11) is 0. The average Bonchev–Trinajstić information content (AvgIpc) is 2.63. The molecule has 2 aromatic carbocycles. The van der Waals surface area contributed by atoms with E-state index < -0.39 is 35.1 Å². The summed E-state index contributed by atoms with van der Waals surface area (Å²) in [5.41, 5.74) is 4.71. The molecule has 0 N–H and O–H groups in total. The largest absolute Gasteiger partial charge is 0.486 e. The van der Waals surface area contributed by atoms with Gasteiger partial charge >= 0.3 is 12.4 Å². The highest BCUT2D eigenvalue weighted by atomic mass is 35.5. The van der Waals surface area contributed by atoms with Crippen LogP contribution in [0.15, 0.2) is 35.4 Å². The molecule has 0 spiro atoms. The summed E-state index contributed by atoms with van der Waals surface area (Å²) in [5, 5.41) is 3.33. The lowest BCUT2D eigenvalue weighted by Gasteiger charge is -2.28. The normalized spacial score (nSPS) is 16.3. The van der Waals surface area contributed by atoms with Crippen LogP contribution in [-0.4, -0.2) is 19.3 Å². The third-order valence-electron chi connectivity index (χ3n) is 4.02. The quantitative estimate of drug-likeness (QED) is 0.238. The molecule has 0 aliphatic carbocycles. The van der Waals surface area contributed by atoms with Crippen molar-refractivity contribution in [3.63, 3.8) is 0 Å². The highest BCUT2D eigenvalue weighted by molar-refractivity contribution is 6.31. The van der Waals surface area contributed by atoms with Crippen LogP contribution >= 0.6 is 11.6 Å². The smallest absolute Gasteiger partial charge is 0.417 e. The van der Waals surface area contributed by atoms with Gasteiger partial charge in [0, 0.05) is 21.6 Å². The molecule has 12 heteroatoms. The van der Waals surface area contributed by atoms with Gasteiger partial charge in [0.25, 0.3) is 0 Å². The van der Waals surface area contributed by atoms with E-state index in [2.05, 4.69) is 10.0 Å². The molecule has 0 radical (unpaired) electrons. The molecule has 29 heavy (non-hydrogen) atoms. The molecule has 1 aliphatic heterocycles. The molecule has 0 saturated heterocycles. The van der Waals surface area contributed by atoms with Gasteiger partial charge in [0.1, 0.15) is 12.7 Å². The van der Waals surface area contributed by atoms with Crippen molar-refractivity contribution < 1.29 is 35.8 Å². The van der Waals surface area contributed by atoms with Crippen LogP contribution in [0.4, 0.5) is 26.3 Å². The first kappa shape index (κ1) is 20.9. The van der Waals surface area contributed by atoms with Gasteiger partial charge in [0.15, 0.2) is 11.5 Å². The lowest BCUT2D eigenvalue weighted by molar-refractivity contribution is -0.142. The van der Waals surface area contributed by atoms with Crippen molar-refractivity contribution >= 4 is 11.6 Å². The Hall–Kier alpha value is -2.78. The van der Waals surface area contributed by atoms with Crippen LogP contribution in [0.3, 0.4) is 0 Å². The molecule has 1 atom stereocenters. The predicted octanol–water partition coefficient (Wildman–Crippen LogP) is 6.49. The topological polar surface area (TPSA) is 67.2 Å². The number of benzene rings is 2. The number of rotatable bonds is 3. The maximum absolute atomic E-state index is 13.6. The van der Waals surface area contributed by atoms with E-state index in [9.17, 15) is 26.3 Å². The molecule has 3 rings (SSSR count). The van der Waals surface area contributed by atoms with Gasteiger partial charge in [-0.05, 0) is 29.3 Å². The number of hydrogen-bond donors (Lipinski definition) is 0. The molecular formula is C17H10ClF6N3O2. The number of alkyl halides is 6. The molecule has 5 nitrogen and oxygen atoms in total. The van der Waals surface area contributed by atoms with Gasteiger partial charge in [0.05, 0.1) is 17.7 Å². The van der Waals surface area contributed by atoms with Gasteiger partial charge in [0.2, 0.25) is 0 Å². The summed E-state index contributed by atoms with van der Waals surface area (Å²) in [6.45, 7) is -0.206. The van der Waals surface area contributed by atoms with Crippen molar-refractivity contribution in [2.45, 2.75) is 18.5 Å². The van der Waals surface area contributed by atoms with Crippen molar-refractivity contribution in [1.82, 2.24) is 0 Å². The molecule has 0 aromatic heterocycles. The van der Waals surface area contributed by atoms with E-state index in [-0.39, 0.29) is 41.3 Å². The maximum Gasteiger partial charge on any atom is 0.417 e. The second-order valence-electron chi connectivity index (χ2n) is 6.00. The number of azide groups is 1. The first-order valence-corrected chi connectivity index (χ1v) is 8.31. The third-order valence-corrected chi connectivity index (χ3v) is 4.24. The standard InChI is InChI=1S/C17H10ClF6N3O2/c18-9-4-12(15-14(5-9)28-7-10(29-15)6-26-27-25)11-2-1-8(16(19,20)21)3-13(11)17(22,23)24/h1-5,10H,6-7H2/t10-/m0/s1. The van der Waals surface area contributed by atoms with Crippen LogP contribution in [0.5, 0.6) is 11.5 Å². The Morgan fingerprint density at radius 3 is 2.41 bits per heavy atom. The van der Waals surface area contributed by atoms with E-state index in [0.29, 0.717) is 12.1 Å². The van der Waals surface area contributed by atoms with Gasteiger partial charge in [-0.25, -0.2) is 0 Å². The zero-order valence-electron chi connectivity index (χ0n) is 14.2. The molecule has 0 fully saturated rings. The van der Waals surface area contributed by atoms with Crippen molar-refractivity contribution in [3.05, 3.63) is 56.9 Å². The monoisotopic (exact) mass is 437 g/mol. The fourth-order valence-corrected chi connectivity index (χ4v) is 3.00. The summed E-state index contributed by atoms with van der Waals surface area (Å²) < 4.78 is 90.5. The highest BCUT2D eigenvalue weighted by Gasteiger charge is 2.39. The van der Waals surface area contributed by atoms with Gasteiger partial charge in [-0.1, -0.05) is 22.8 Å². The SMILES string of the molecule is [N-]=[N+]=NC[C@H]1COc2cc(Cl)cc(-c3ccc(C(F)(F)F)cc3C(F)(F)F)c2O1. The lowest BCUT2D eigenvalue weighted by atomic mass is 9.95. The van der Waals surface area contributed by atoms with Gasteiger partial charge in [-0.2, -0.15) is 26.3 Å². The highest BCUT2D eigenvalue weighted by Crippen LogP contribution is 2.48. The molecule has 1 aliphatic rings. The molecule has 154 valence electrons. The Labute approximate surface area is 164 Å². The van der Waals surface area contributed by atoms with E-state index in [4.69, 9.17) is 26.6 Å². The molecule has 1 heterocycles. The van der Waals surface area contributed by atoms with Crippen LogP contribution in [0.25, 0.3) is 21.6 Å². The minimum Gasteiger partial charge on any atom is -0.486 e. The Morgan fingerprint density at radius 2 is 1.79 bits per heavy atom. The van der Waals surface area contributed by atoms with Gasteiger partial charge in [-0.15, -0.1) is 0 Å². The fraction of sp³-hybridized carbons (Fsp3) is 0.294. The van der Waals surface area contributed by atoms with Crippen LogP contribution in [0.1, 0.15) is 11.1 Å². The van der Waals surface area contributed by atoms with Crippen molar-refractivity contribution in [2.75, 3.05) is 13.2 Å². The van der Waals surface area contributed by atoms with Crippen LogP contribution < -0.4 is 9.47 Å². The van der Waals surface area contributed by atoms with E-state index in [1.165, 1.54) is 6.07 Å². The Kier molecular flexibility index (Phi) is 5.46. The Morgan fingerprint density at radius 1 is 1.07 bits per heavy atom. The minimum absolute atomic E-state index is 0.00358. The number of nitrogens with zero attached hydrogens (tertiary/aromatic N) is 3. The average molecular weight is 438 g/mol. The molecule has 0 saturated carbocycles. The second-order valence-corrected chi connectivity index (χ2v) is 6.44. The predicted molar refractivity (Wildman–Crippen MR) is 90.8 cm³/mol. The number of hydrogen-bond acceptors (Lipinski definition) is 3. The third kappa shape index (κ3) is 4.46. The van der Waals surface area contributed by atoms with Crippen molar-refractivity contribution in [1.29, 1.82) is 0 Å². The molecule has 0 amide bonds. The maximum atomic E-state index is 13.6. The summed E-state index contributed by atoms with van der Waals surface area (Å²) in [4.78, 5) is 2.57. The van der Waals surface area contributed by atoms with E-state index in [0.717, 1.165) is 6.07 Å². The molecule has 2 aromatic rings. The van der Waals surface area contributed by atoms with E-state index >= 15 is 0 Å². The van der Waals surface area contributed by atoms with E-state index in [1.807, 2.05) is 0 Å². The van der Waals surface area contributed by atoms with Gasteiger partial charge < -0.3 is 9.47 Å². The Bertz CT molecular complexity index is 986. The fourth-order valence-electron chi connectivity index (χ4n) is 2.79.